The Morgan fingerprint density at radius 1 is 1.26 bits per heavy atom. The second-order valence-electron chi connectivity index (χ2n) is 8.15. The zero-order chi connectivity index (χ0) is 16.4. The average Bonchev–Trinajstić information content (AvgIpc) is 2.54. The van der Waals surface area contributed by atoms with Gasteiger partial charge in [-0.05, 0) is 67.8 Å². The molecule has 0 heterocycles. The van der Waals surface area contributed by atoms with Crippen LogP contribution >= 0.6 is 11.6 Å². The fourth-order valence-electron chi connectivity index (χ4n) is 6.03. The fourth-order valence-corrected chi connectivity index (χ4v) is 6.37. The van der Waals surface area contributed by atoms with Gasteiger partial charge in [-0.2, -0.15) is 0 Å². The van der Waals surface area contributed by atoms with E-state index in [1.165, 1.54) is 0 Å². The molecule has 1 N–H and O–H groups in total. The van der Waals surface area contributed by atoms with Crippen molar-refractivity contribution in [2.45, 2.75) is 58.0 Å². The summed E-state index contributed by atoms with van der Waals surface area (Å²) in [4.78, 5) is 11.7. The number of allylic oxidation sites excluding steroid dienone is 3. The minimum Gasteiger partial charge on any atom is -0.387 e. The molecular formula is C19H24ClFO2. The molecule has 0 aromatic rings. The first-order chi connectivity index (χ1) is 10.9. The number of ketones is 1. The molecule has 0 bridgehead atoms. The topological polar surface area (TPSA) is 37.3 Å². The molecular weight excluding hydrogens is 315 g/mol. The lowest BCUT2D eigenvalue weighted by atomic mass is 9.48. The average molecular weight is 339 g/mol. The maximum absolute atomic E-state index is 14.3. The monoisotopic (exact) mass is 338 g/mol. The minimum absolute atomic E-state index is 0.156. The van der Waals surface area contributed by atoms with Gasteiger partial charge in [-0.1, -0.05) is 24.6 Å². The lowest BCUT2D eigenvalue weighted by Crippen LogP contribution is -2.53. The summed E-state index contributed by atoms with van der Waals surface area (Å²) in [5.74, 6) is 0.917. The van der Waals surface area contributed by atoms with E-state index >= 15 is 0 Å². The zero-order valence-corrected chi connectivity index (χ0v) is 14.3. The van der Waals surface area contributed by atoms with Crippen LogP contribution in [0.25, 0.3) is 0 Å². The summed E-state index contributed by atoms with van der Waals surface area (Å²) < 4.78 is 14.3. The van der Waals surface area contributed by atoms with E-state index in [9.17, 15) is 14.3 Å². The normalized spacial score (nSPS) is 46.7. The maximum atomic E-state index is 14.3. The number of aliphatic hydroxyl groups is 1. The van der Waals surface area contributed by atoms with E-state index in [2.05, 4.69) is 6.92 Å². The lowest BCUT2D eigenvalue weighted by Gasteiger charge is -2.57. The highest BCUT2D eigenvalue weighted by Crippen LogP contribution is 2.61. The van der Waals surface area contributed by atoms with Gasteiger partial charge in [-0.15, -0.1) is 0 Å². The van der Waals surface area contributed by atoms with Crippen molar-refractivity contribution in [3.05, 3.63) is 22.5 Å². The van der Waals surface area contributed by atoms with Crippen LogP contribution in [-0.4, -0.2) is 17.0 Å². The Morgan fingerprint density at radius 3 is 2.83 bits per heavy atom. The first-order valence-electron chi connectivity index (χ1n) is 8.89. The number of hydrogen-bond acceptors (Lipinski definition) is 2. The molecule has 2 nitrogen and oxygen atoms in total. The Balaban J connectivity index is 1.67. The summed E-state index contributed by atoms with van der Waals surface area (Å²) in [6.07, 6.45) is 7.10. The molecule has 0 radical (unpaired) electrons. The largest absolute Gasteiger partial charge is 0.387 e. The highest BCUT2D eigenvalue weighted by atomic mass is 35.5. The van der Waals surface area contributed by atoms with E-state index in [-0.39, 0.29) is 17.1 Å². The standard InChI is InChI=1S/C19H24ClFO2/c1-19-9-8-11-10-4-7-16(22)17(21)13(10)3-2-12(11)14(19)5-6-15(20)18(19)23/h6,10-12,14,18,23H,2-5,7-9H2,1H3/t10-,11-,12-,14+,18?,19+/m1/s1. The maximum Gasteiger partial charge on any atom is 0.191 e. The summed E-state index contributed by atoms with van der Waals surface area (Å²) in [5, 5.41) is 11.2. The molecule has 0 aromatic heterocycles. The Kier molecular flexibility index (Phi) is 3.73. The van der Waals surface area contributed by atoms with E-state index in [0.29, 0.717) is 35.6 Å². The second-order valence-corrected chi connectivity index (χ2v) is 8.59. The number of fused-ring (bicyclic) bond motifs is 5. The van der Waals surface area contributed by atoms with Crippen molar-refractivity contribution in [3.8, 4) is 0 Å². The molecule has 126 valence electrons. The number of carbonyl (C=O) groups is 1. The van der Waals surface area contributed by atoms with Crippen LogP contribution in [0.4, 0.5) is 4.39 Å². The van der Waals surface area contributed by atoms with Crippen LogP contribution in [0, 0.1) is 29.1 Å². The molecule has 0 amide bonds. The van der Waals surface area contributed by atoms with Gasteiger partial charge in [0.05, 0.1) is 6.10 Å². The third kappa shape index (κ3) is 2.19. The number of aliphatic hydroxyl groups excluding tert-OH is 1. The summed E-state index contributed by atoms with van der Waals surface area (Å²) in [6, 6.07) is 0. The molecule has 4 heteroatoms. The molecule has 23 heavy (non-hydrogen) atoms. The van der Waals surface area contributed by atoms with Gasteiger partial charge >= 0.3 is 0 Å². The van der Waals surface area contributed by atoms with Gasteiger partial charge in [0.15, 0.2) is 11.6 Å². The van der Waals surface area contributed by atoms with Gasteiger partial charge in [0, 0.05) is 16.9 Å². The van der Waals surface area contributed by atoms with E-state index in [4.69, 9.17) is 11.6 Å². The van der Waals surface area contributed by atoms with Gasteiger partial charge in [0.25, 0.3) is 0 Å². The SMILES string of the molecule is C[C@]12CC[C@H]3[C@@H](CCC4=C(F)C(=O)CC[C@@H]43)[C@@H]1CC=C(Cl)C2O. The second kappa shape index (κ2) is 5.42. The molecule has 2 saturated carbocycles. The van der Waals surface area contributed by atoms with Gasteiger partial charge in [-0.3, -0.25) is 4.79 Å². The highest BCUT2D eigenvalue weighted by molar-refractivity contribution is 6.30. The third-order valence-corrected chi connectivity index (χ3v) is 7.66. The smallest absolute Gasteiger partial charge is 0.191 e. The molecule has 0 aliphatic heterocycles. The van der Waals surface area contributed by atoms with Crippen LogP contribution in [0.15, 0.2) is 22.5 Å². The van der Waals surface area contributed by atoms with Crippen LogP contribution in [-0.2, 0) is 4.79 Å². The molecule has 1 unspecified atom stereocenters. The van der Waals surface area contributed by atoms with Gasteiger partial charge in [-0.25, -0.2) is 4.39 Å². The van der Waals surface area contributed by atoms with E-state index in [0.717, 1.165) is 37.7 Å². The Hall–Kier alpha value is -0.670. The fraction of sp³-hybridized carbons (Fsp3) is 0.737. The third-order valence-electron chi connectivity index (χ3n) is 7.30. The predicted molar refractivity (Wildman–Crippen MR) is 87.5 cm³/mol. The van der Waals surface area contributed by atoms with E-state index in [1.54, 1.807) is 0 Å². The van der Waals surface area contributed by atoms with Crippen molar-refractivity contribution in [2.75, 3.05) is 0 Å². The molecule has 0 spiro atoms. The van der Waals surface area contributed by atoms with E-state index < -0.39 is 11.9 Å². The predicted octanol–water partition coefficient (Wildman–Crippen LogP) is 4.52. The molecule has 4 aliphatic rings. The molecule has 0 saturated heterocycles. The number of Topliss-reactive ketones (excluding diaryl/α,β-unsaturated/α-hetero) is 1. The number of halogens is 2. The molecule has 4 aliphatic carbocycles. The minimum atomic E-state index is -0.564. The van der Waals surface area contributed by atoms with Crippen LogP contribution < -0.4 is 0 Å². The Morgan fingerprint density at radius 2 is 2.04 bits per heavy atom. The van der Waals surface area contributed by atoms with Gasteiger partial charge < -0.3 is 5.11 Å². The zero-order valence-electron chi connectivity index (χ0n) is 13.5. The Bertz CT molecular complexity index is 610. The molecule has 6 atom stereocenters. The summed E-state index contributed by atoms with van der Waals surface area (Å²) >= 11 is 6.21. The summed E-state index contributed by atoms with van der Waals surface area (Å²) in [6.45, 7) is 2.17. The van der Waals surface area contributed by atoms with Crippen LogP contribution in [0.5, 0.6) is 0 Å². The number of carbonyl (C=O) groups excluding carboxylic acids is 1. The number of hydrogen-bond donors (Lipinski definition) is 1. The molecule has 4 rings (SSSR count). The highest BCUT2D eigenvalue weighted by Gasteiger charge is 2.55. The van der Waals surface area contributed by atoms with Crippen LogP contribution in [0.2, 0.25) is 0 Å². The molecule has 0 aromatic carbocycles. The van der Waals surface area contributed by atoms with Crippen molar-refractivity contribution in [1.82, 2.24) is 0 Å². The van der Waals surface area contributed by atoms with Crippen molar-refractivity contribution in [1.29, 1.82) is 0 Å². The van der Waals surface area contributed by atoms with Crippen molar-refractivity contribution in [3.63, 3.8) is 0 Å². The summed E-state index contributed by atoms with van der Waals surface area (Å²) in [7, 11) is 0. The number of rotatable bonds is 0. The van der Waals surface area contributed by atoms with Crippen molar-refractivity contribution >= 4 is 17.4 Å². The van der Waals surface area contributed by atoms with E-state index in [1.807, 2.05) is 6.08 Å². The van der Waals surface area contributed by atoms with Gasteiger partial charge in [0.2, 0.25) is 0 Å². The quantitative estimate of drug-likeness (QED) is 0.705. The summed E-state index contributed by atoms with van der Waals surface area (Å²) in [5.41, 5.74) is 0.646. The lowest BCUT2D eigenvalue weighted by molar-refractivity contribution is -0.119. The van der Waals surface area contributed by atoms with Crippen molar-refractivity contribution in [2.24, 2.45) is 29.1 Å². The van der Waals surface area contributed by atoms with Gasteiger partial charge in [0.1, 0.15) is 0 Å². The van der Waals surface area contributed by atoms with Crippen LogP contribution in [0.1, 0.15) is 51.9 Å². The first-order valence-corrected chi connectivity index (χ1v) is 9.26. The molecule has 2 fully saturated rings. The Labute approximate surface area is 141 Å². The van der Waals surface area contributed by atoms with Crippen LogP contribution in [0.3, 0.4) is 0 Å². The van der Waals surface area contributed by atoms with Crippen molar-refractivity contribution < 1.29 is 14.3 Å². The first kappa shape index (κ1) is 15.8.